The van der Waals surface area contributed by atoms with Crippen molar-refractivity contribution in [2.24, 2.45) is 4.99 Å². The van der Waals surface area contributed by atoms with E-state index in [2.05, 4.69) is 52.7 Å². The van der Waals surface area contributed by atoms with E-state index in [1.807, 2.05) is 11.8 Å². The molecule has 0 spiro atoms. The molecular weight excluding hydrogens is 234 g/mol. The van der Waals surface area contributed by atoms with E-state index in [0.717, 1.165) is 18.7 Å². The lowest BCUT2D eigenvalue weighted by atomic mass is 10.2. The standard InChI is InChI=1S/C13H17NS2/c15-12-14-9-5-2-6-10-16-11-13-7-3-1-4-8-13/h1,3-4,7-8H,2,5-6,9-11H2. The van der Waals surface area contributed by atoms with Gasteiger partial charge in [0, 0.05) is 12.3 Å². The normalized spacial score (nSPS) is 9.75. The second kappa shape index (κ2) is 9.59. The van der Waals surface area contributed by atoms with Crippen molar-refractivity contribution < 1.29 is 0 Å². The number of thiocarbonyl (C=S) groups is 1. The molecule has 1 aromatic carbocycles. The summed E-state index contributed by atoms with van der Waals surface area (Å²) >= 11 is 6.51. The fraction of sp³-hybridized carbons (Fsp3) is 0.462. The second-order valence-corrected chi connectivity index (χ2v) is 4.86. The Morgan fingerprint density at radius 1 is 1.12 bits per heavy atom. The van der Waals surface area contributed by atoms with Crippen molar-refractivity contribution in [1.82, 2.24) is 0 Å². The van der Waals surface area contributed by atoms with Crippen molar-refractivity contribution in [3.8, 4) is 0 Å². The zero-order valence-electron chi connectivity index (χ0n) is 9.39. The molecule has 1 aromatic rings. The first-order chi connectivity index (χ1) is 7.93. The number of unbranched alkanes of at least 4 members (excludes halogenated alkanes) is 2. The van der Waals surface area contributed by atoms with E-state index in [9.17, 15) is 0 Å². The summed E-state index contributed by atoms with van der Waals surface area (Å²) in [5.74, 6) is 2.36. The van der Waals surface area contributed by atoms with E-state index >= 15 is 0 Å². The molecule has 3 heteroatoms. The highest BCUT2D eigenvalue weighted by atomic mass is 32.2. The van der Waals surface area contributed by atoms with Crippen LogP contribution in [0.4, 0.5) is 0 Å². The molecule has 86 valence electrons. The first kappa shape index (κ1) is 13.4. The molecule has 0 fully saturated rings. The van der Waals surface area contributed by atoms with Gasteiger partial charge in [-0.25, -0.2) is 4.99 Å². The van der Waals surface area contributed by atoms with Crippen molar-refractivity contribution in [1.29, 1.82) is 0 Å². The number of rotatable bonds is 8. The maximum Gasteiger partial charge on any atom is 0.0584 e. The van der Waals surface area contributed by atoms with E-state index in [4.69, 9.17) is 0 Å². The quantitative estimate of drug-likeness (QED) is 0.390. The molecule has 0 aliphatic carbocycles. The lowest BCUT2D eigenvalue weighted by Gasteiger charge is -2.01. The van der Waals surface area contributed by atoms with Gasteiger partial charge in [-0.15, -0.1) is 0 Å². The fourth-order valence-electron chi connectivity index (χ4n) is 1.38. The summed E-state index contributed by atoms with van der Waals surface area (Å²) in [5, 5.41) is 2.39. The molecule has 0 saturated carbocycles. The summed E-state index contributed by atoms with van der Waals surface area (Å²) in [6, 6.07) is 10.6. The molecule has 0 atom stereocenters. The minimum absolute atomic E-state index is 0.840. The Labute approximate surface area is 107 Å². The monoisotopic (exact) mass is 251 g/mol. The van der Waals surface area contributed by atoms with Gasteiger partial charge in [-0.05, 0) is 36.4 Å². The van der Waals surface area contributed by atoms with Crippen molar-refractivity contribution >= 4 is 29.1 Å². The molecule has 0 aliphatic heterocycles. The molecule has 0 unspecified atom stereocenters. The van der Waals surface area contributed by atoms with E-state index in [1.165, 1.54) is 24.2 Å². The van der Waals surface area contributed by atoms with Gasteiger partial charge in [0.05, 0.1) is 5.16 Å². The summed E-state index contributed by atoms with van der Waals surface area (Å²) in [7, 11) is 0. The summed E-state index contributed by atoms with van der Waals surface area (Å²) in [6.45, 7) is 0.840. The lowest BCUT2D eigenvalue weighted by Crippen LogP contribution is -1.86. The van der Waals surface area contributed by atoms with Gasteiger partial charge in [0.15, 0.2) is 0 Å². The minimum Gasteiger partial charge on any atom is -0.233 e. The molecule has 1 rings (SSSR count). The van der Waals surface area contributed by atoms with Crippen LogP contribution in [-0.4, -0.2) is 17.5 Å². The highest BCUT2D eigenvalue weighted by Gasteiger charge is 1.93. The summed E-state index contributed by atoms with van der Waals surface area (Å²) in [4.78, 5) is 3.90. The minimum atomic E-state index is 0.840. The van der Waals surface area contributed by atoms with Gasteiger partial charge in [-0.2, -0.15) is 11.8 Å². The number of thioether (sulfide) groups is 1. The van der Waals surface area contributed by atoms with Crippen LogP contribution in [0.2, 0.25) is 0 Å². The van der Waals surface area contributed by atoms with Crippen LogP contribution in [0.25, 0.3) is 0 Å². The molecule has 16 heavy (non-hydrogen) atoms. The molecule has 0 N–H and O–H groups in total. The third kappa shape index (κ3) is 6.78. The SMILES string of the molecule is S=C=NCCCCCSCc1ccccc1. The smallest absolute Gasteiger partial charge is 0.0584 e. The van der Waals surface area contributed by atoms with Gasteiger partial charge in [0.25, 0.3) is 0 Å². The maximum absolute atomic E-state index is 4.50. The average molecular weight is 251 g/mol. The third-order valence-electron chi connectivity index (χ3n) is 2.23. The van der Waals surface area contributed by atoms with Crippen molar-refractivity contribution in [2.45, 2.75) is 25.0 Å². The van der Waals surface area contributed by atoms with E-state index < -0.39 is 0 Å². The van der Waals surface area contributed by atoms with Gasteiger partial charge in [-0.1, -0.05) is 36.8 Å². The van der Waals surface area contributed by atoms with Crippen LogP contribution in [0, 0.1) is 0 Å². The number of nitrogens with zero attached hydrogens (tertiary/aromatic N) is 1. The highest BCUT2D eigenvalue weighted by molar-refractivity contribution is 7.98. The van der Waals surface area contributed by atoms with Crippen LogP contribution in [0.5, 0.6) is 0 Å². The van der Waals surface area contributed by atoms with Crippen LogP contribution < -0.4 is 0 Å². The van der Waals surface area contributed by atoms with E-state index in [-0.39, 0.29) is 0 Å². The van der Waals surface area contributed by atoms with Crippen LogP contribution >= 0.6 is 24.0 Å². The highest BCUT2D eigenvalue weighted by Crippen LogP contribution is 2.13. The summed E-state index contributed by atoms with van der Waals surface area (Å²) in [5.41, 5.74) is 1.41. The molecule has 0 bridgehead atoms. The number of hydrogen-bond donors (Lipinski definition) is 0. The number of isothiocyanates is 1. The van der Waals surface area contributed by atoms with Gasteiger partial charge in [0.2, 0.25) is 0 Å². The van der Waals surface area contributed by atoms with Crippen LogP contribution in [0.3, 0.4) is 0 Å². The number of benzene rings is 1. The Bertz CT molecular complexity index is 318. The topological polar surface area (TPSA) is 12.4 Å². The zero-order valence-corrected chi connectivity index (χ0v) is 11.0. The first-order valence-electron chi connectivity index (χ1n) is 5.59. The predicted octanol–water partition coefficient (Wildman–Crippen LogP) is 4.19. The summed E-state index contributed by atoms with van der Waals surface area (Å²) < 4.78 is 0. The molecular formula is C13H17NS2. The van der Waals surface area contributed by atoms with Crippen LogP contribution in [0.15, 0.2) is 35.3 Å². The Balaban J connectivity index is 1.94. The van der Waals surface area contributed by atoms with Gasteiger partial charge < -0.3 is 0 Å². The largest absolute Gasteiger partial charge is 0.233 e. The molecule has 0 saturated heterocycles. The van der Waals surface area contributed by atoms with E-state index in [0.29, 0.717) is 0 Å². The van der Waals surface area contributed by atoms with Crippen molar-refractivity contribution in [3.63, 3.8) is 0 Å². The molecule has 0 heterocycles. The second-order valence-electron chi connectivity index (χ2n) is 3.57. The molecule has 0 aromatic heterocycles. The first-order valence-corrected chi connectivity index (χ1v) is 7.15. The van der Waals surface area contributed by atoms with E-state index in [1.54, 1.807) is 0 Å². The average Bonchev–Trinajstić information content (AvgIpc) is 2.34. The predicted molar refractivity (Wildman–Crippen MR) is 76.3 cm³/mol. The molecule has 0 aliphatic rings. The van der Waals surface area contributed by atoms with Crippen molar-refractivity contribution in [3.05, 3.63) is 35.9 Å². The molecule has 1 nitrogen and oxygen atoms in total. The summed E-state index contributed by atoms with van der Waals surface area (Å²) in [6.07, 6.45) is 3.64. The Morgan fingerprint density at radius 3 is 2.69 bits per heavy atom. The lowest BCUT2D eigenvalue weighted by molar-refractivity contribution is 0.735. The fourth-order valence-corrected chi connectivity index (χ4v) is 2.45. The zero-order chi connectivity index (χ0) is 11.5. The Hall–Kier alpha value is -0.630. The van der Waals surface area contributed by atoms with Gasteiger partial charge >= 0.3 is 0 Å². The van der Waals surface area contributed by atoms with Gasteiger partial charge in [0.1, 0.15) is 0 Å². The van der Waals surface area contributed by atoms with Crippen LogP contribution in [-0.2, 0) is 5.75 Å². The van der Waals surface area contributed by atoms with Crippen LogP contribution in [0.1, 0.15) is 24.8 Å². The maximum atomic E-state index is 4.50. The Morgan fingerprint density at radius 2 is 1.94 bits per heavy atom. The van der Waals surface area contributed by atoms with Crippen molar-refractivity contribution in [2.75, 3.05) is 12.3 Å². The molecule has 0 amide bonds. The number of aliphatic imine (C=N–C) groups is 1. The molecule has 0 radical (unpaired) electrons. The van der Waals surface area contributed by atoms with Gasteiger partial charge in [-0.3, -0.25) is 0 Å². The Kier molecular flexibility index (Phi) is 8.05. The third-order valence-corrected chi connectivity index (χ3v) is 3.48. The number of hydrogen-bond acceptors (Lipinski definition) is 3.